The second-order valence-electron chi connectivity index (χ2n) is 8.13. The number of carbonyl (C=O) groups is 1. The largest absolute Gasteiger partial charge is 0.445 e. The molecular formula is C25H23BrN4O4S. The Morgan fingerprint density at radius 3 is 2.23 bits per heavy atom. The molecule has 2 heterocycles. The van der Waals surface area contributed by atoms with Gasteiger partial charge in [0.05, 0.1) is 15.8 Å². The molecule has 3 aromatic carbocycles. The summed E-state index contributed by atoms with van der Waals surface area (Å²) in [7, 11) is -3.88. The molecule has 1 aliphatic heterocycles. The molecule has 1 aromatic heterocycles. The first-order chi connectivity index (χ1) is 16.9. The molecular weight excluding hydrogens is 532 g/mol. The lowest BCUT2D eigenvalue weighted by molar-refractivity contribution is 0.0941. The molecule has 10 heteroatoms. The number of hydrogen-bond donors (Lipinski definition) is 0. The summed E-state index contributed by atoms with van der Waals surface area (Å²) in [5.74, 6) is 0.560. The zero-order chi connectivity index (χ0) is 24.4. The fraction of sp³-hybridized carbons (Fsp3) is 0.200. The van der Waals surface area contributed by atoms with Crippen LogP contribution in [0.3, 0.4) is 0 Å². The number of rotatable bonds is 5. The van der Waals surface area contributed by atoms with E-state index in [1.165, 1.54) is 0 Å². The van der Waals surface area contributed by atoms with Crippen molar-refractivity contribution >= 4 is 48.8 Å². The number of halogens is 1. The van der Waals surface area contributed by atoms with Crippen molar-refractivity contribution in [2.75, 3.05) is 31.1 Å². The van der Waals surface area contributed by atoms with E-state index in [1.54, 1.807) is 47.4 Å². The van der Waals surface area contributed by atoms with Crippen molar-refractivity contribution in [2.24, 2.45) is 0 Å². The van der Waals surface area contributed by atoms with Gasteiger partial charge in [0, 0.05) is 30.7 Å². The van der Waals surface area contributed by atoms with Crippen LogP contribution >= 0.6 is 15.9 Å². The average Bonchev–Trinajstić information content (AvgIpc) is 3.30. The summed E-state index contributed by atoms with van der Waals surface area (Å²) in [6.45, 7) is 2.10. The van der Waals surface area contributed by atoms with Crippen molar-refractivity contribution in [1.82, 2.24) is 14.1 Å². The predicted octanol–water partition coefficient (Wildman–Crippen LogP) is 4.49. The Morgan fingerprint density at radius 1 is 0.886 bits per heavy atom. The molecule has 180 valence electrons. The van der Waals surface area contributed by atoms with Crippen LogP contribution in [-0.2, 0) is 21.4 Å². The molecule has 1 aliphatic rings. The van der Waals surface area contributed by atoms with Crippen LogP contribution in [0.2, 0.25) is 0 Å². The number of fused-ring (bicyclic) bond motifs is 1. The zero-order valence-corrected chi connectivity index (χ0v) is 21.2. The molecule has 0 N–H and O–H groups in total. The number of ether oxygens (including phenoxy) is 1. The van der Waals surface area contributed by atoms with Gasteiger partial charge in [-0.25, -0.2) is 4.79 Å². The number of piperazine rings is 1. The maximum absolute atomic E-state index is 13.4. The molecule has 5 rings (SSSR count). The van der Waals surface area contributed by atoms with Crippen molar-refractivity contribution < 1.29 is 17.9 Å². The number of amides is 1. The third-order valence-electron chi connectivity index (χ3n) is 5.92. The summed E-state index contributed by atoms with van der Waals surface area (Å²) in [4.78, 5) is 16.4. The van der Waals surface area contributed by atoms with E-state index < -0.39 is 10.0 Å². The van der Waals surface area contributed by atoms with Gasteiger partial charge in [0.2, 0.25) is 0 Å². The standard InChI is InChI=1S/C25H23BrN4O4S/c26-21-12-7-13-22-23(21)24(27-30(22)35(32,33)20-10-5-2-6-11-20)28-14-16-29(17-15-28)25(31)34-18-19-8-3-1-4-9-19/h1-13H,14-18H2. The van der Waals surface area contributed by atoms with Crippen molar-refractivity contribution in [1.29, 1.82) is 0 Å². The average molecular weight is 555 g/mol. The molecule has 0 radical (unpaired) electrons. The second-order valence-corrected chi connectivity index (χ2v) is 10.8. The number of anilines is 1. The summed E-state index contributed by atoms with van der Waals surface area (Å²) < 4.78 is 34.1. The zero-order valence-electron chi connectivity index (χ0n) is 18.7. The SMILES string of the molecule is O=C(OCc1ccccc1)N1CCN(c2nn(S(=O)(=O)c3ccccc3)c3cccc(Br)c23)CC1. The van der Waals surface area contributed by atoms with E-state index in [1.807, 2.05) is 41.3 Å². The second kappa shape index (κ2) is 9.71. The molecule has 0 bridgehead atoms. The monoisotopic (exact) mass is 554 g/mol. The number of carbonyl (C=O) groups excluding carboxylic acids is 1. The quantitative estimate of drug-likeness (QED) is 0.361. The third kappa shape index (κ3) is 4.63. The Morgan fingerprint density at radius 2 is 1.54 bits per heavy atom. The summed E-state index contributed by atoms with van der Waals surface area (Å²) in [5, 5.41) is 5.27. The normalized spacial score (nSPS) is 14.3. The Balaban J connectivity index is 1.37. The van der Waals surface area contributed by atoms with E-state index in [9.17, 15) is 13.2 Å². The predicted molar refractivity (Wildman–Crippen MR) is 137 cm³/mol. The fourth-order valence-electron chi connectivity index (χ4n) is 4.09. The fourth-order valence-corrected chi connectivity index (χ4v) is 5.92. The van der Waals surface area contributed by atoms with E-state index in [0.717, 1.165) is 14.1 Å². The first-order valence-corrected chi connectivity index (χ1v) is 13.4. The first kappa shape index (κ1) is 23.4. The van der Waals surface area contributed by atoms with Gasteiger partial charge in [-0.05, 0) is 45.8 Å². The van der Waals surface area contributed by atoms with E-state index in [2.05, 4.69) is 21.0 Å². The van der Waals surface area contributed by atoms with Gasteiger partial charge >= 0.3 is 6.09 Å². The van der Waals surface area contributed by atoms with Gasteiger partial charge in [0.15, 0.2) is 5.82 Å². The molecule has 8 nitrogen and oxygen atoms in total. The number of hydrogen-bond acceptors (Lipinski definition) is 6. The van der Waals surface area contributed by atoms with E-state index >= 15 is 0 Å². The minimum Gasteiger partial charge on any atom is -0.445 e. The van der Waals surface area contributed by atoms with Gasteiger partial charge < -0.3 is 14.5 Å². The van der Waals surface area contributed by atoms with E-state index in [4.69, 9.17) is 4.74 Å². The van der Waals surface area contributed by atoms with Crippen LogP contribution in [0.4, 0.5) is 10.6 Å². The van der Waals surface area contributed by atoms with Gasteiger partial charge in [-0.3, -0.25) is 0 Å². The minimum atomic E-state index is -3.88. The summed E-state index contributed by atoms with van der Waals surface area (Å²) in [6, 6.07) is 23.2. The van der Waals surface area contributed by atoms with Crippen molar-refractivity contribution in [3.05, 3.63) is 88.9 Å². The van der Waals surface area contributed by atoms with E-state index in [0.29, 0.717) is 42.9 Å². The Hall–Kier alpha value is -3.37. The minimum absolute atomic E-state index is 0.168. The molecule has 35 heavy (non-hydrogen) atoms. The summed E-state index contributed by atoms with van der Waals surface area (Å²) in [5.41, 5.74) is 1.42. The Bertz CT molecular complexity index is 1450. The molecule has 0 atom stereocenters. The molecule has 0 unspecified atom stereocenters. The molecule has 1 fully saturated rings. The highest BCUT2D eigenvalue weighted by atomic mass is 79.9. The van der Waals surface area contributed by atoms with Crippen LogP contribution in [0.15, 0.2) is 88.2 Å². The Labute approximate surface area is 211 Å². The maximum Gasteiger partial charge on any atom is 0.410 e. The molecule has 1 saturated heterocycles. The highest BCUT2D eigenvalue weighted by molar-refractivity contribution is 9.10. The molecule has 1 amide bonds. The van der Waals surface area contributed by atoms with E-state index in [-0.39, 0.29) is 17.6 Å². The van der Waals surface area contributed by atoms with Gasteiger partial charge in [-0.1, -0.05) is 54.6 Å². The van der Waals surface area contributed by atoms with Crippen molar-refractivity contribution in [2.45, 2.75) is 11.5 Å². The van der Waals surface area contributed by atoms with Crippen molar-refractivity contribution in [3.8, 4) is 0 Å². The first-order valence-electron chi connectivity index (χ1n) is 11.1. The smallest absolute Gasteiger partial charge is 0.410 e. The van der Waals surface area contributed by atoms with Crippen LogP contribution in [0, 0.1) is 0 Å². The van der Waals surface area contributed by atoms with Crippen molar-refractivity contribution in [3.63, 3.8) is 0 Å². The molecule has 4 aromatic rings. The summed E-state index contributed by atoms with van der Waals surface area (Å²) >= 11 is 3.57. The topological polar surface area (TPSA) is 84.7 Å². The van der Waals surface area contributed by atoms with Crippen LogP contribution in [0.5, 0.6) is 0 Å². The highest BCUT2D eigenvalue weighted by Gasteiger charge is 2.29. The molecule has 0 saturated carbocycles. The lowest BCUT2D eigenvalue weighted by Gasteiger charge is -2.34. The van der Waals surface area contributed by atoms with Crippen LogP contribution < -0.4 is 4.90 Å². The van der Waals surface area contributed by atoms with Crippen LogP contribution in [-0.4, -0.2) is 54.8 Å². The lowest BCUT2D eigenvalue weighted by atomic mass is 10.2. The Kier molecular flexibility index (Phi) is 6.48. The maximum atomic E-state index is 13.4. The third-order valence-corrected chi connectivity index (χ3v) is 8.18. The van der Waals surface area contributed by atoms with Gasteiger partial charge in [-0.15, -0.1) is 5.10 Å². The molecule has 0 aliphatic carbocycles. The van der Waals surface area contributed by atoms with Gasteiger partial charge in [-0.2, -0.15) is 12.5 Å². The van der Waals surface area contributed by atoms with Gasteiger partial charge in [0.1, 0.15) is 6.61 Å². The van der Waals surface area contributed by atoms with Crippen LogP contribution in [0.1, 0.15) is 5.56 Å². The van der Waals surface area contributed by atoms with Gasteiger partial charge in [0.25, 0.3) is 10.0 Å². The molecule has 0 spiro atoms. The number of nitrogens with zero attached hydrogens (tertiary/aromatic N) is 4. The van der Waals surface area contributed by atoms with Crippen LogP contribution in [0.25, 0.3) is 10.9 Å². The highest BCUT2D eigenvalue weighted by Crippen LogP contribution is 2.35. The summed E-state index contributed by atoms with van der Waals surface area (Å²) in [6.07, 6.45) is -0.364. The number of benzene rings is 3. The lowest BCUT2D eigenvalue weighted by Crippen LogP contribution is -2.49. The number of aromatic nitrogens is 2.